The third-order valence-corrected chi connectivity index (χ3v) is 10.9. The molecule has 2 aliphatic carbocycles. The zero-order valence-corrected chi connectivity index (χ0v) is 19.9. The first-order chi connectivity index (χ1) is 15.7. The number of nitrogens with one attached hydrogen (secondary N) is 1. The molecular formula is C20H21F8NO4S2. The quantitative estimate of drug-likeness (QED) is 0.416. The molecule has 0 amide bonds. The summed E-state index contributed by atoms with van der Waals surface area (Å²) in [7, 11) is -10.6. The largest absolute Gasteiger partial charge is 0.511 e. The Labute approximate surface area is 196 Å². The zero-order valence-electron chi connectivity index (χ0n) is 18.3. The Balaban J connectivity index is 2.09. The van der Waals surface area contributed by atoms with Gasteiger partial charge >= 0.3 is 21.7 Å². The molecule has 5 nitrogen and oxygen atoms in total. The second kappa shape index (κ2) is 8.40. The SMILES string of the molecule is CC1C=C(C(F)(F)F)CCC1S(=O)(=O)C1(c2cc(F)ccc2F)CC(C)(NS(=O)(=O)C(F)(F)F)C1. The van der Waals surface area contributed by atoms with Gasteiger partial charge in [0, 0.05) is 16.7 Å². The van der Waals surface area contributed by atoms with E-state index in [9.17, 15) is 52.0 Å². The average molecular weight is 556 g/mol. The van der Waals surface area contributed by atoms with Gasteiger partial charge in [0.05, 0.1) is 5.25 Å². The fraction of sp³-hybridized carbons (Fsp3) is 0.600. The van der Waals surface area contributed by atoms with E-state index in [0.717, 1.165) is 13.0 Å². The predicted molar refractivity (Wildman–Crippen MR) is 109 cm³/mol. The number of benzene rings is 1. The molecule has 1 aromatic rings. The van der Waals surface area contributed by atoms with Crippen molar-refractivity contribution < 1.29 is 52.0 Å². The van der Waals surface area contributed by atoms with E-state index in [4.69, 9.17) is 0 Å². The maximum atomic E-state index is 14.8. The lowest BCUT2D eigenvalue weighted by Crippen LogP contribution is -2.67. The third kappa shape index (κ3) is 4.82. The molecule has 3 rings (SSSR count). The summed E-state index contributed by atoms with van der Waals surface area (Å²) in [5, 5.41) is -1.50. The maximum Gasteiger partial charge on any atom is 0.511 e. The van der Waals surface area contributed by atoms with Crippen LogP contribution in [0.15, 0.2) is 29.8 Å². The molecule has 0 aromatic heterocycles. The fourth-order valence-corrected chi connectivity index (χ4v) is 9.15. The van der Waals surface area contributed by atoms with Gasteiger partial charge in [-0.3, -0.25) is 0 Å². The first-order valence-corrected chi connectivity index (χ1v) is 13.3. The smallest absolute Gasteiger partial charge is 0.228 e. The van der Waals surface area contributed by atoms with Crippen LogP contribution in [0.1, 0.15) is 45.1 Å². The molecule has 2 unspecified atom stereocenters. The van der Waals surface area contributed by atoms with Gasteiger partial charge in [-0.1, -0.05) is 13.0 Å². The molecular weight excluding hydrogens is 534 g/mol. The molecule has 2 atom stereocenters. The van der Waals surface area contributed by atoms with E-state index in [0.29, 0.717) is 18.2 Å². The Kier molecular flexibility index (Phi) is 6.68. The molecule has 0 radical (unpaired) electrons. The number of sulfonamides is 1. The normalized spacial score (nSPS) is 30.5. The van der Waals surface area contributed by atoms with Crippen LogP contribution in [-0.4, -0.2) is 39.3 Å². The lowest BCUT2D eigenvalue weighted by atomic mass is 9.66. The van der Waals surface area contributed by atoms with E-state index in [1.165, 1.54) is 11.6 Å². The molecule has 0 aliphatic heterocycles. The predicted octanol–water partition coefficient (Wildman–Crippen LogP) is 4.85. The number of hydrogen-bond donors (Lipinski definition) is 1. The zero-order chi connectivity index (χ0) is 26.8. The van der Waals surface area contributed by atoms with Crippen LogP contribution < -0.4 is 4.72 Å². The van der Waals surface area contributed by atoms with Gasteiger partial charge < -0.3 is 0 Å². The Morgan fingerprint density at radius 2 is 1.57 bits per heavy atom. The van der Waals surface area contributed by atoms with Gasteiger partial charge in [-0.05, 0) is 56.7 Å². The number of alkyl halides is 6. The van der Waals surface area contributed by atoms with E-state index in [1.54, 1.807) is 0 Å². The number of allylic oxidation sites excluding steroid dienone is 2. The molecule has 1 fully saturated rings. The molecule has 1 aromatic carbocycles. The molecule has 35 heavy (non-hydrogen) atoms. The Bertz CT molecular complexity index is 1250. The highest BCUT2D eigenvalue weighted by molar-refractivity contribution is 7.93. The molecule has 1 saturated carbocycles. The van der Waals surface area contributed by atoms with Crippen molar-refractivity contribution in [2.45, 2.75) is 66.8 Å². The van der Waals surface area contributed by atoms with Gasteiger partial charge in [0.15, 0.2) is 9.84 Å². The van der Waals surface area contributed by atoms with E-state index < -0.39 is 101 Å². The van der Waals surface area contributed by atoms with Crippen molar-refractivity contribution in [3.63, 3.8) is 0 Å². The average Bonchev–Trinajstić information content (AvgIpc) is 2.65. The molecule has 1 N–H and O–H groups in total. The van der Waals surface area contributed by atoms with Crippen molar-refractivity contribution in [1.29, 1.82) is 0 Å². The molecule has 2 aliphatic rings. The summed E-state index contributed by atoms with van der Waals surface area (Å²) in [5.74, 6) is -3.47. The summed E-state index contributed by atoms with van der Waals surface area (Å²) in [6.45, 7) is 2.18. The minimum absolute atomic E-state index is 0.515. The number of sulfone groups is 1. The lowest BCUT2D eigenvalue weighted by molar-refractivity contribution is -0.0955. The highest BCUT2D eigenvalue weighted by atomic mass is 32.2. The number of hydrogen-bond acceptors (Lipinski definition) is 4. The van der Waals surface area contributed by atoms with Crippen molar-refractivity contribution in [2.75, 3.05) is 0 Å². The van der Waals surface area contributed by atoms with E-state index in [1.807, 2.05) is 0 Å². The Hall–Kier alpha value is -1.74. The highest BCUT2D eigenvalue weighted by Crippen LogP contribution is 2.58. The topological polar surface area (TPSA) is 80.3 Å². The van der Waals surface area contributed by atoms with Crippen LogP contribution in [0.4, 0.5) is 35.1 Å². The van der Waals surface area contributed by atoms with E-state index in [-0.39, 0.29) is 0 Å². The number of rotatable bonds is 5. The number of halogens is 8. The molecule has 0 saturated heterocycles. The molecule has 0 bridgehead atoms. The summed E-state index contributed by atoms with van der Waals surface area (Å²) in [6.07, 6.45) is -6.93. The Morgan fingerprint density at radius 3 is 2.06 bits per heavy atom. The summed E-state index contributed by atoms with van der Waals surface area (Å²) >= 11 is 0. The molecule has 15 heteroatoms. The lowest BCUT2D eigenvalue weighted by Gasteiger charge is -2.55. The fourth-order valence-electron chi connectivity index (χ4n) is 5.09. The maximum absolute atomic E-state index is 14.8. The second-order valence-corrected chi connectivity index (χ2v) is 13.4. The van der Waals surface area contributed by atoms with Crippen LogP contribution in [0, 0.1) is 17.6 Å². The molecule has 198 valence electrons. The Morgan fingerprint density at radius 1 is 1.00 bits per heavy atom. The summed E-state index contributed by atoms with van der Waals surface area (Å²) in [6, 6.07) is 1.85. The van der Waals surface area contributed by atoms with Crippen LogP contribution in [0.3, 0.4) is 0 Å². The molecule has 0 spiro atoms. The van der Waals surface area contributed by atoms with Crippen LogP contribution in [-0.2, 0) is 24.6 Å². The van der Waals surface area contributed by atoms with Crippen molar-refractivity contribution in [1.82, 2.24) is 4.72 Å². The highest BCUT2D eigenvalue weighted by Gasteiger charge is 2.66. The molecule has 0 heterocycles. The third-order valence-electron chi connectivity index (χ3n) is 6.51. The van der Waals surface area contributed by atoms with Gasteiger partial charge in [-0.2, -0.15) is 26.3 Å². The summed E-state index contributed by atoms with van der Waals surface area (Å²) in [4.78, 5) is 0. The van der Waals surface area contributed by atoms with Crippen LogP contribution in [0.2, 0.25) is 0 Å². The van der Waals surface area contributed by atoms with Gasteiger partial charge in [-0.15, -0.1) is 0 Å². The van der Waals surface area contributed by atoms with Crippen LogP contribution in [0.5, 0.6) is 0 Å². The summed E-state index contributed by atoms with van der Waals surface area (Å²) in [5.41, 5.74) is -9.39. The van der Waals surface area contributed by atoms with Gasteiger partial charge in [0.25, 0.3) is 0 Å². The van der Waals surface area contributed by atoms with Crippen molar-refractivity contribution in [3.05, 3.63) is 47.0 Å². The van der Waals surface area contributed by atoms with Crippen molar-refractivity contribution in [3.8, 4) is 0 Å². The summed E-state index contributed by atoms with van der Waals surface area (Å²) < 4.78 is 157. The first-order valence-electron chi connectivity index (χ1n) is 10.2. The first kappa shape index (κ1) is 27.8. The second-order valence-electron chi connectivity index (χ2n) is 9.25. The van der Waals surface area contributed by atoms with Crippen molar-refractivity contribution >= 4 is 19.9 Å². The monoisotopic (exact) mass is 555 g/mol. The van der Waals surface area contributed by atoms with Gasteiger partial charge in [0.2, 0.25) is 0 Å². The standard InChI is InChI=1S/C20H21F8NO4S2/c1-11-7-12(19(23,24)25)3-6-16(11)34(30,31)18(14-8-13(21)4-5-15(14)22)9-17(2,10-18)29-35(32,33)20(26,27)28/h4-5,7-8,11,16,29H,3,6,9-10H2,1-2H3. The minimum atomic E-state index is -5.92. The van der Waals surface area contributed by atoms with E-state index >= 15 is 0 Å². The van der Waals surface area contributed by atoms with Gasteiger partial charge in [0.1, 0.15) is 16.4 Å². The van der Waals surface area contributed by atoms with E-state index in [2.05, 4.69) is 0 Å². The minimum Gasteiger partial charge on any atom is -0.228 e. The van der Waals surface area contributed by atoms with Crippen LogP contribution in [0.25, 0.3) is 0 Å². The van der Waals surface area contributed by atoms with Crippen LogP contribution >= 0.6 is 0 Å². The van der Waals surface area contributed by atoms with Crippen molar-refractivity contribution in [2.24, 2.45) is 5.92 Å². The van der Waals surface area contributed by atoms with Gasteiger partial charge in [-0.25, -0.2) is 30.3 Å².